The average molecular weight is 256 g/mol. The van der Waals surface area contributed by atoms with Crippen LogP contribution in [0.4, 0.5) is 10.1 Å². The van der Waals surface area contributed by atoms with Crippen LogP contribution in [0.25, 0.3) is 11.1 Å². The van der Waals surface area contributed by atoms with Crippen LogP contribution in [-0.4, -0.2) is 0 Å². The summed E-state index contributed by atoms with van der Waals surface area (Å²) in [4.78, 5) is 0. The minimum atomic E-state index is -0.340. The van der Waals surface area contributed by atoms with Crippen molar-refractivity contribution >= 4 is 28.9 Å². The van der Waals surface area contributed by atoms with E-state index in [0.717, 1.165) is 5.56 Å². The molecule has 0 radical (unpaired) electrons. The lowest BCUT2D eigenvalue weighted by atomic mass is 10.1. The monoisotopic (exact) mass is 255 g/mol. The average Bonchev–Trinajstić information content (AvgIpc) is 2.26. The summed E-state index contributed by atoms with van der Waals surface area (Å²) >= 11 is 11.9. The Balaban J connectivity index is 2.58. The highest BCUT2D eigenvalue weighted by atomic mass is 35.5. The Morgan fingerprint density at radius 1 is 0.938 bits per heavy atom. The lowest BCUT2D eigenvalue weighted by molar-refractivity contribution is 0.628. The predicted octanol–water partition coefficient (Wildman–Crippen LogP) is 4.38. The van der Waals surface area contributed by atoms with Gasteiger partial charge in [0.25, 0.3) is 0 Å². The second-order valence-corrected chi connectivity index (χ2v) is 4.17. The van der Waals surface area contributed by atoms with E-state index in [1.807, 2.05) is 0 Å². The highest BCUT2D eigenvalue weighted by Gasteiger charge is 2.06. The summed E-state index contributed by atoms with van der Waals surface area (Å²) in [5.41, 5.74) is 7.42. The number of halogens is 3. The molecule has 0 unspecified atom stereocenters. The van der Waals surface area contributed by atoms with Gasteiger partial charge in [-0.25, -0.2) is 4.39 Å². The van der Waals surface area contributed by atoms with Gasteiger partial charge >= 0.3 is 0 Å². The van der Waals surface area contributed by atoms with Gasteiger partial charge in [-0.2, -0.15) is 0 Å². The molecule has 0 aliphatic heterocycles. The molecular weight excluding hydrogens is 248 g/mol. The van der Waals surface area contributed by atoms with Crippen LogP contribution >= 0.6 is 23.2 Å². The van der Waals surface area contributed by atoms with E-state index in [1.54, 1.807) is 18.2 Å². The fourth-order valence-electron chi connectivity index (χ4n) is 1.41. The Labute approximate surface area is 103 Å². The second-order valence-electron chi connectivity index (χ2n) is 3.36. The smallest absolute Gasteiger partial charge is 0.123 e. The van der Waals surface area contributed by atoms with Crippen LogP contribution in [0.3, 0.4) is 0 Å². The Morgan fingerprint density at radius 3 is 2.38 bits per heavy atom. The Morgan fingerprint density at radius 2 is 1.69 bits per heavy atom. The third-order valence-corrected chi connectivity index (χ3v) is 2.90. The Bertz CT molecular complexity index is 541. The molecule has 0 bridgehead atoms. The minimum Gasteiger partial charge on any atom is -0.398 e. The van der Waals surface area contributed by atoms with Gasteiger partial charge in [0.15, 0.2) is 0 Å². The number of rotatable bonds is 1. The first kappa shape index (κ1) is 11.2. The molecule has 1 nitrogen and oxygen atoms in total. The van der Waals surface area contributed by atoms with E-state index in [1.165, 1.54) is 18.2 Å². The maximum absolute atomic E-state index is 13.1. The van der Waals surface area contributed by atoms with E-state index in [0.29, 0.717) is 21.3 Å². The summed E-state index contributed by atoms with van der Waals surface area (Å²) in [5.74, 6) is -0.340. The molecule has 2 rings (SSSR count). The van der Waals surface area contributed by atoms with Gasteiger partial charge in [-0.3, -0.25) is 0 Å². The van der Waals surface area contributed by atoms with Crippen molar-refractivity contribution in [2.75, 3.05) is 5.73 Å². The molecule has 0 aliphatic rings. The van der Waals surface area contributed by atoms with Gasteiger partial charge in [0.05, 0.1) is 10.7 Å². The third kappa shape index (κ3) is 2.13. The standard InChI is InChI=1S/C12H8Cl2FN/c13-10-3-2-8(15)6-9(10)7-1-4-12(16)11(14)5-7/h1-6H,16H2. The van der Waals surface area contributed by atoms with Crippen molar-refractivity contribution in [3.05, 3.63) is 52.3 Å². The molecule has 0 aliphatic carbocycles. The topological polar surface area (TPSA) is 26.0 Å². The van der Waals surface area contributed by atoms with E-state index in [-0.39, 0.29) is 5.82 Å². The van der Waals surface area contributed by atoms with Crippen molar-refractivity contribution in [3.8, 4) is 11.1 Å². The molecule has 2 N–H and O–H groups in total. The summed E-state index contributed by atoms with van der Waals surface area (Å²) in [6, 6.07) is 9.27. The lowest BCUT2D eigenvalue weighted by Crippen LogP contribution is -1.87. The molecule has 2 aromatic carbocycles. The molecule has 16 heavy (non-hydrogen) atoms. The normalized spacial score (nSPS) is 10.4. The van der Waals surface area contributed by atoms with Crippen molar-refractivity contribution in [1.29, 1.82) is 0 Å². The molecular formula is C12H8Cl2FN. The van der Waals surface area contributed by atoms with Crippen molar-refractivity contribution < 1.29 is 4.39 Å². The molecule has 4 heteroatoms. The van der Waals surface area contributed by atoms with Gasteiger partial charge in [0, 0.05) is 10.6 Å². The molecule has 82 valence electrons. The highest BCUT2D eigenvalue weighted by molar-refractivity contribution is 6.34. The number of hydrogen-bond donors (Lipinski definition) is 1. The SMILES string of the molecule is Nc1ccc(-c2cc(F)ccc2Cl)cc1Cl. The summed E-state index contributed by atoms with van der Waals surface area (Å²) in [6.07, 6.45) is 0. The number of nitrogen functional groups attached to an aromatic ring is 1. The van der Waals surface area contributed by atoms with Gasteiger partial charge in [-0.1, -0.05) is 29.3 Å². The van der Waals surface area contributed by atoms with Gasteiger partial charge in [0.1, 0.15) is 5.82 Å². The molecule has 0 saturated carbocycles. The van der Waals surface area contributed by atoms with Crippen molar-refractivity contribution in [2.24, 2.45) is 0 Å². The molecule has 0 aromatic heterocycles. The first-order valence-corrected chi connectivity index (χ1v) is 5.34. The van der Waals surface area contributed by atoms with Gasteiger partial charge < -0.3 is 5.73 Å². The number of benzene rings is 2. The summed E-state index contributed by atoms with van der Waals surface area (Å²) in [6.45, 7) is 0. The van der Waals surface area contributed by atoms with Crippen LogP contribution < -0.4 is 5.73 Å². The van der Waals surface area contributed by atoms with E-state index in [2.05, 4.69) is 0 Å². The van der Waals surface area contributed by atoms with E-state index < -0.39 is 0 Å². The zero-order valence-electron chi connectivity index (χ0n) is 8.18. The number of anilines is 1. The zero-order chi connectivity index (χ0) is 11.7. The minimum absolute atomic E-state index is 0.340. The molecule has 0 amide bonds. The van der Waals surface area contributed by atoms with E-state index >= 15 is 0 Å². The van der Waals surface area contributed by atoms with Crippen LogP contribution in [0.5, 0.6) is 0 Å². The van der Waals surface area contributed by atoms with E-state index in [9.17, 15) is 4.39 Å². The van der Waals surface area contributed by atoms with Crippen LogP contribution in [-0.2, 0) is 0 Å². The zero-order valence-corrected chi connectivity index (χ0v) is 9.69. The Kier molecular flexibility index (Phi) is 3.03. The largest absolute Gasteiger partial charge is 0.398 e. The van der Waals surface area contributed by atoms with Gasteiger partial charge in [-0.15, -0.1) is 0 Å². The Hall–Kier alpha value is -1.25. The molecule has 0 heterocycles. The van der Waals surface area contributed by atoms with Gasteiger partial charge in [-0.05, 0) is 35.9 Å². The fourth-order valence-corrected chi connectivity index (χ4v) is 1.82. The van der Waals surface area contributed by atoms with E-state index in [4.69, 9.17) is 28.9 Å². The van der Waals surface area contributed by atoms with Crippen molar-refractivity contribution in [2.45, 2.75) is 0 Å². The first-order chi connectivity index (χ1) is 7.58. The molecule has 2 aromatic rings. The second kappa shape index (κ2) is 4.32. The molecule has 0 spiro atoms. The highest BCUT2D eigenvalue weighted by Crippen LogP contribution is 2.32. The molecule has 0 atom stereocenters. The van der Waals surface area contributed by atoms with Crippen molar-refractivity contribution in [1.82, 2.24) is 0 Å². The molecule has 0 saturated heterocycles. The summed E-state index contributed by atoms with van der Waals surface area (Å²) in [5, 5.41) is 0.903. The summed E-state index contributed by atoms with van der Waals surface area (Å²) in [7, 11) is 0. The quantitative estimate of drug-likeness (QED) is 0.752. The van der Waals surface area contributed by atoms with Crippen LogP contribution in [0, 0.1) is 5.82 Å². The first-order valence-electron chi connectivity index (χ1n) is 4.58. The predicted molar refractivity (Wildman–Crippen MR) is 66.3 cm³/mol. The third-order valence-electron chi connectivity index (χ3n) is 2.24. The van der Waals surface area contributed by atoms with Gasteiger partial charge in [0.2, 0.25) is 0 Å². The van der Waals surface area contributed by atoms with Crippen LogP contribution in [0.1, 0.15) is 0 Å². The van der Waals surface area contributed by atoms with Crippen molar-refractivity contribution in [3.63, 3.8) is 0 Å². The number of hydrogen-bond acceptors (Lipinski definition) is 1. The number of nitrogens with two attached hydrogens (primary N) is 1. The summed E-state index contributed by atoms with van der Waals surface area (Å²) < 4.78 is 13.1. The maximum atomic E-state index is 13.1. The maximum Gasteiger partial charge on any atom is 0.123 e. The fraction of sp³-hybridized carbons (Fsp3) is 0. The lowest BCUT2D eigenvalue weighted by Gasteiger charge is -2.06. The van der Waals surface area contributed by atoms with Crippen LogP contribution in [0.15, 0.2) is 36.4 Å². The van der Waals surface area contributed by atoms with Crippen LogP contribution in [0.2, 0.25) is 10.0 Å². The molecule has 0 fully saturated rings.